The van der Waals surface area contributed by atoms with Gasteiger partial charge in [0.25, 0.3) is 0 Å². The molecule has 5 heteroatoms. The number of hydrogen-bond donors (Lipinski definition) is 0. The van der Waals surface area contributed by atoms with E-state index in [9.17, 15) is 8.42 Å². The van der Waals surface area contributed by atoms with E-state index in [1.54, 1.807) is 7.05 Å². The summed E-state index contributed by atoms with van der Waals surface area (Å²) < 4.78 is 25.4. The molecule has 3 nitrogen and oxygen atoms in total. The minimum Gasteiger partial charge on any atom is -0.212 e. The van der Waals surface area contributed by atoms with Crippen LogP contribution in [0.25, 0.3) is 0 Å². The quantitative estimate of drug-likeness (QED) is 0.507. The van der Waals surface area contributed by atoms with Crippen molar-refractivity contribution in [3.63, 3.8) is 0 Å². The lowest BCUT2D eigenvalue weighted by molar-refractivity contribution is 0.387. The Labute approximate surface area is 115 Å². The SMILES string of the molecule is CN(CCCCCBr)S(=O)(=O)CCC(C)(C)C. The lowest BCUT2D eigenvalue weighted by atomic mass is 9.94. The van der Waals surface area contributed by atoms with Gasteiger partial charge in [0.2, 0.25) is 10.0 Å². The normalized spacial score (nSPS) is 13.3. The summed E-state index contributed by atoms with van der Waals surface area (Å²) in [5, 5.41) is 0.994. The van der Waals surface area contributed by atoms with Gasteiger partial charge in [-0.3, -0.25) is 0 Å². The number of hydrogen-bond acceptors (Lipinski definition) is 2. The summed E-state index contributed by atoms with van der Waals surface area (Å²) in [6, 6.07) is 0. The second-order valence-electron chi connectivity index (χ2n) is 5.70. The molecule has 0 bridgehead atoms. The molecule has 104 valence electrons. The zero-order valence-corrected chi connectivity index (χ0v) is 13.9. The molecule has 0 aromatic rings. The fraction of sp³-hybridized carbons (Fsp3) is 1.00. The Balaban J connectivity index is 4.04. The summed E-state index contributed by atoms with van der Waals surface area (Å²) in [6.07, 6.45) is 3.83. The molecule has 0 radical (unpaired) electrons. The Morgan fingerprint density at radius 2 is 1.71 bits per heavy atom. The highest BCUT2D eigenvalue weighted by Gasteiger charge is 2.21. The maximum atomic E-state index is 12.0. The molecular weight excluding hydrogens is 302 g/mol. The minimum absolute atomic E-state index is 0.0733. The highest BCUT2D eigenvalue weighted by Crippen LogP contribution is 2.20. The van der Waals surface area contributed by atoms with Crippen LogP contribution in [0.5, 0.6) is 0 Å². The third-order valence-electron chi connectivity index (χ3n) is 2.69. The Bertz CT molecular complexity index is 296. The number of unbranched alkanes of at least 4 members (excludes halogenated alkanes) is 2. The van der Waals surface area contributed by atoms with Crippen LogP contribution in [0.4, 0.5) is 0 Å². The third-order valence-corrected chi connectivity index (χ3v) is 5.10. The molecule has 0 N–H and O–H groups in total. The molecule has 0 spiro atoms. The van der Waals surface area contributed by atoms with Crippen LogP contribution < -0.4 is 0 Å². The second-order valence-corrected chi connectivity index (χ2v) is 8.69. The van der Waals surface area contributed by atoms with E-state index >= 15 is 0 Å². The van der Waals surface area contributed by atoms with Crippen LogP contribution >= 0.6 is 15.9 Å². The van der Waals surface area contributed by atoms with Gasteiger partial charge in [-0.25, -0.2) is 12.7 Å². The van der Waals surface area contributed by atoms with Crippen molar-refractivity contribution in [1.29, 1.82) is 0 Å². The van der Waals surface area contributed by atoms with E-state index in [1.165, 1.54) is 4.31 Å². The largest absolute Gasteiger partial charge is 0.213 e. The fourth-order valence-electron chi connectivity index (χ4n) is 1.34. The van der Waals surface area contributed by atoms with Gasteiger partial charge < -0.3 is 0 Å². The zero-order chi connectivity index (χ0) is 13.5. The Morgan fingerprint density at radius 3 is 2.18 bits per heavy atom. The molecule has 0 unspecified atom stereocenters. The standard InChI is InChI=1S/C12H26BrNO2S/c1-12(2,3)8-11-17(15,16)14(4)10-7-5-6-9-13/h5-11H2,1-4H3. The van der Waals surface area contributed by atoms with Gasteiger partial charge in [0.05, 0.1) is 5.75 Å². The smallest absolute Gasteiger partial charge is 0.212 e. The van der Waals surface area contributed by atoms with Gasteiger partial charge >= 0.3 is 0 Å². The molecule has 0 saturated carbocycles. The summed E-state index contributed by atoms with van der Waals surface area (Å²) in [6.45, 7) is 6.84. The van der Waals surface area contributed by atoms with Crippen molar-refractivity contribution in [2.75, 3.05) is 24.7 Å². The Hall–Kier alpha value is 0.390. The molecule has 0 aromatic carbocycles. The molecule has 0 aliphatic rings. The summed E-state index contributed by atoms with van der Waals surface area (Å²) in [5.41, 5.74) is 0.0733. The van der Waals surface area contributed by atoms with Gasteiger partial charge in [-0.2, -0.15) is 0 Å². The summed E-state index contributed by atoms with van der Waals surface area (Å²) in [4.78, 5) is 0. The van der Waals surface area contributed by atoms with Crippen molar-refractivity contribution in [3.05, 3.63) is 0 Å². The number of rotatable bonds is 8. The van der Waals surface area contributed by atoms with E-state index in [1.807, 2.05) is 0 Å². The number of alkyl halides is 1. The van der Waals surface area contributed by atoms with Crippen LogP contribution in [0.1, 0.15) is 46.5 Å². The molecule has 0 aromatic heterocycles. The molecule has 0 aliphatic heterocycles. The lowest BCUT2D eigenvalue weighted by Gasteiger charge is -2.21. The average Bonchev–Trinajstić information content (AvgIpc) is 2.20. The molecule has 0 fully saturated rings. The van der Waals surface area contributed by atoms with Crippen molar-refractivity contribution in [1.82, 2.24) is 4.31 Å². The van der Waals surface area contributed by atoms with Crippen molar-refractivity contribution in [3.8, 4) is 0 Å². The molecular formula is C12H26BrNO2S. The average molecular weight is 328 g/mol. The molecule has 0 aliphatic carbocycles. The monoisotopic (exact) mass is 327 g/mol. The van der Waals surface area contributed by atoms with Crippen molar-refractivity contribution >= 4 is 26.0 Å². The number of nitrogens with zero attached hydrogens (tertiary/aromatic N) is 1. The van der Waals surface area contributed by atoms with Gasteiger partial charge in [-0.1, -0.05) is 43.1 Å². The topological polar surface area (TPSA) is 37.4 Å². The van der Waals surface area contributed by atoms with Crippen LogP contribution in [0.15, 0.2) is 0 Å². The van der Waals surface area contributed by atoms with Gasteiger partial charge in [0.15, 0.2) is 0 Å². The molecule has 0 heterocycles. The van der Waals surface area contributed by atoms with Gasteiger partial charge in [-0.15, -0.1) is 0 Å². The predicted octanol–water partition coefficient (Wildman–Crippen LogP) is 3.25. The summed E-state index contributed by atoms with van der Waals surface area (Å²) in [7, 11) is -1.37. The molecule has 0 saturated heterocycles. The zero-order valence-electron chi connectivity index (χ0n) is 11.5. The highest BCUT2D eigenvalue weighted by atomic mass is 79.9. The van der Waals surface area contributed by atoms with E-state index in [-0.39, 0.29) is 11.2 Å². The molecule has 0 rings (SSSR count). The maximum Gasteiger partial charge on any atom is 0.213 e. The van der Waals surface area contributed by atoms with Crippen LogP contribution in [0.2, 0.25) is 0 Å². The van der Waals surface area contributed by atoms with E-state index in [4.69, 9.17) is 0 Å². The first-order valence-electron chi connectivity index (χ1n) is 6.19. The minimum atomic E-state index is -3.06. The third kappa shape index (κ3) is 9.03. The fourth-order valence-corrected chi connectivity index (χ4v) is 3.32. The summed E-state index contributed by atoms with van der Waals surface area (Å²) in [5.74, 6) is 0.255. The number of sulfonamides is 1. The van der Waals surface area contributed by atoms with Crippen molar-refractivity contribution in [2.24, 2.45) is 5.41 Å². The lowest BCUT2D eigenvalue weighted by Crippen LogP contribution is -2.31. The van der Waals surface area contributed by atoms with E-state index < -0.39 is 10.0 Å². The molecule has 0 atom stereocenters. The summed E-state index contributed by atoms with van der Waals surface area (Å²) >= 11 is 3.37. The van der Waals surface area contributed by atoms with Crippen LogP contribution in [-0.2, 0) is 10.0 Å². The van der Waals surface area contributed by atoms with Gasteiger partial charge in [0.1, 0.15) is 0 Å². The number of halogens is 1. The predicted molar refractivity (Wildman–Crippen MR) is 78.1 cm³/mol. The van der Waals surface area contributed by atoms with E-state index in [0.717, 1.165) is 24.6 Å². The first-order valence-corrected chi connectivity index (χ1v) is 8.92. The van der Waals surface area contributed by atoms with Crippen molar-refractivity contribution < 1.29 is 8.42 Å². The van der Waals surface area contributed by atoms with Gasteiger partial charge in [0, 0.05) is 18.9 Å². The maximum absolute atomic E-state index is 12.0. The first-order chi connectivity index (χ1) is 7.69. The van der Waals surface area contributed by atoms with E-state index in [2.05, 4.69) is 36.7 Å². The van der Waals surface area contributed by atoms with Crippen molar-refractivity contribution in [2.45, 2.75) is 46.5 Å². The van der Waals surface area contributed by atoms with Crippen LogP contribution in [-0.4, -0.2) is 37.4 Å². The van der Waals surface area contributed by atoms with Crippen LogP contribution in [0, 0.1) is 5.41 Å². The Morgan fingerprint density at radius 1 is 1.12 bits per heavy atom. The highest BCUT2D eigenvalue weighted by molar-refractivity contribution is 9.09. The second kappa shape index (κ2) is 7.74. The van der Waals surface area contributed by atoms with Crippen LogP contribution in [0.3, 0.4) is 0 Å². The molecule has 0 amide bonds. The van der Waals surface area contributed by atoms with E-state index in [0.29, 0.717) is 13.0 Å². The van der Waals surface area contributed by atoms with Gasteiger partial charge in [-0.05, 0) is 24.7 Å². The molecule has 17 heavy (non-hydrogen) atoms. The first kappa shape index (κ1) is 17.4. The Kier molecular flexibility index (Phi) is 7.92.